The summed E-state index contributed by atoms with van der Waals surface area (Å²) >= 11 is 6.13. The van der Waals surface area contributed by atoms with Crippen LogP contribution in [0.3, 0.4) is 0 Å². The van der Waals surface area contributed by atoms with Gasteiger partial charge in [0.25, 0.3) is 5.56 Å². The lowest BCUT2D eigenvalue weighted by Crippen LogP contribution is -2.26. The maximum absolute atomic E-state index is 12.1. The molecule has 0 saturated carbocycles. The second-order valence-corrected chi connectivity index (χ2v) is 5.81. The molecule has 2 aromatic rings. The molecule has 0 aliphatic heterocycles. The van der Waals surface area contributed by atoms with Crippen molar-refractivity contribution in [2.24, 2.45) is 5.92 Å². The summed E-state index contributed by atoms with van der Waals surface area (Å²) in [6.45, 7) is 8.27. The van der Waals surface area contributed by atoms with Crippen LogP contribution in [0.1, 0.15) is 38.5 Å². The summed E-state index contributed by atoms with van der Waals surface area (Å²) in [5.41, 5.74) is 0.177. The largest absolute Gasteiger partial charge is 0.444 e. The molecule has 0 saturated heterocycles. The summed E-state index contributed by atoms with van der Waals surface area (Å²) in [4.78, 5) is 16.3. The summed E-state index contributed by atoms with van der Waals surface area (Å²) in [6.07, 6.45) is 3.20. The average molecular weight is 311 g/mol. The van der Waals surface area contributed by atoms with E-state index in [0.717, 1.165) is 5.76 Å². The third-order valence-electron chi connectivity index (χ3n) is 2.90. The van der Waals surface area contributed by atoms with Crippen LogP contribution in [-0.2, 0) is 6.54 Å². The van der Waals surface area contributed by atoms with Crippen LogP contribution in [0, 0.1) is 12.8 Å². The van der Waals surface area contributed by atoms with Crippen LogP contribution in [0.5, 0.6) is 0 Å². The zero-order valence-electron chi connectivity index (χ0n) is 12.6. The van der Waals surface area contributed by atoms with Crippen LogP contribution >= 0.6 is 11.6 Å². The third kappa shape index (κ3) is 3.64. The Kier molecular flexibility index (Phi) is 4.67. The lowest BCUT2D eigenvalue weighted by atomic mass is 10.2. The summed E-state index contributed by atoms with van der Waals surface area (Å²) in [5.74, 6) is 1.59. The molecule has 114 valence electrons. The molecule has 1 atom stereocenters. The number of nitrogens with zero attached hydrogens (tertiary/aromatic N) is 3. The molecule has 0 fully saturated rings. The Morgan fingerprint density at radius 3 is 2.67 bits per heavy atom. The first-order valence-corrected chi connectivity index (χ1v) is 7.20. The first kappa shape index (κ1) is 15.6. The van der Waals surface area contributed by atoms with Crippen molar-refractivity contribution in [3.8, 4) is 0 Å². The van der Waals surface area contributed by atoms with Crippen LogP contribution in [0.4, 0.5) is 5.69 Å². The topological polar surface area (TPSA) is 73.0 Å². The molecule has 0 bridgehead atoms. The molecule has 0 aliphatic carbocycles. The molecule has 2 heterocycles. The van der Waals surface area contributed by atoms with Gasteiger partial charge in [-0.15, -0.1) is 0 Å². The highest BCUT2D eigenvalue weighted by molar-refractivity contribution is 6.32. The number of aromatic nitrogens is 3. The van der Waals surface area contributed by atoms with Crippen LogP contribution in [0.2, 0.25) is 5.02 Å². The average Bonchev–Trinajstić information content (AvgIpc) is 2.84. The minimum Gasteiger partial charge on any atom is -0.444 e. The predicted octanol–water partition coefficient (Wildman–Crippen LogP) is 3.02. The molecule has 21 heavy (non-hydrogen) atoms. The lowest BCUT2D eigenvalue weighted by Gasteiger charge is -2.14. The highest BCUT2D eigenvalue weighted by Gasteiger charge is 2.15. The fraction of sp³-hybridized carbons (Fsp3) is 0.500. The molecule has 2 rings (SSSR count). The third-order valence-corrected chi connectivity index (χ3v) is 3.27. The molecule has 6 nitrogen and oxygen atoms in total. The molecule has 7 heteroatoms. The van der Waals surface area contributed by atoms with Gasteiger partial charge in [0.1, 0.15) is 16.8 Å². The fourth-order valence-electron chi connectivity index (χ4n) is 1.91. The van der Waals surface area contributed by atoms with Gasteiger partial charge in [0.2, 0.25) is 5.89 Å². The number of nitrogens with one attached hydrogen (secondary N) is 1. The summed E-state index contributed by atoms with van der Waals surface area (Å²) in [5, 5.41) is 7.36. The van der Waals surface area contributed by atoms with Crippen molar-refractivity contribution in [2.75, 3.05) is 5.32 Å². The first-order chi connectivity index (χ1) is 9.88. The number of aryl methyl sites for hydroxylation is 1. The van der Waals surface area contributed by atoms with E-state index in [1.165, 1.54) is 4.68 Å². The Labute approximate surface area is 128 Å². The smallest absolute Gasteiger partial charge is 0.287 e. The lowest BCUT2D eigenvalue weighted by molar-refractivity contribution is 0.452. The standard InChI is InChI=1S/C14H19ClN4O2/c1-8(2)7-19-14(20)12(15)11(6-17-19)18-10(4)13-16-5-9(3)21-13/h5-6,8,10,18H,7H2,1-4H3. The second kappa shape index (κ2) is 6.30. The number of halogens is 1. The van der Waals surface area contributed by atoms with Crippen molar-refractivity contribution < 1.29 is 4.42 Å². The SMILES string of the molecule is Cc1cnc(C(C)Nc2cnn(CC(C)C)c(=O)c2Cl)o1. The van der Waals surface area contributed by atoms with Gasteiger partial charge in [-0.2, -0.15) is 5.10 Å². The summed E-state index contributed by atoms with van der Waals surface area (Å²) in [7, 11) is 0. The van der Waals surface area contributed by atoms with Gasteiger partial charge in [-0.3, -0.25) is 4.79 Å². The van der Waals surface area contributed by atoms with Crippen molar-refractivity contribution in [3.63, 3.8) is 0 Å². The van der Waals surface area contributed by atoms with Crippen molar-refractivity contribution in [1.29, 1.82) is 0 Å². The van der Waals surface area contributed by atoms with E-state index in [9.17, 15) is 4.79 Å². The van der Waals surface area contributed by atoms with Gasteiger partial charge >= 0.3 is 0 Å². The monoisotopic (exact) mass is 310 g/mol. The minimum absolute atomic E-state index is 0.126. The van der Waals surface area contributed by atoms with Crippen LogP contribution < -0.4 is 10.9 Å². The van der Waals surface area contributed by atoms with E-state index in [1.807, 2.05) is 27.7 Å². The quantitative estimate of drug-likeness (QED) is 0.919. The minimum atomic E-state index is -0.300. The molecule has 1 unspecified atom stereocenters. The van der Waals surface area contributed by atoms with Gasteiger partial charge < -0.3 is 9.73 Å². The highest BCUT2D eigenvalue weighted by Crippen LogP contribution is 2.22. The van der Waals surface area contributed by atoms with E-state index >= 15 is 0 Å². The number of oxazole rings is 1. The predicted molar refractivity (Wildman–Crippen MR) is 81.6 cm³/mol. The molecule has 0 amide bonds. The molecule has 0 aliphatic rings. The zero-order valence-corrected chi connectivity index (χ0v) is 13.3. The Balaban J connectivity index is 2.21. The van der Waals surface area contributed by atoms with Crippen molar-refractivity contribution >= 4 is 17.3 Å². The molecule has 1 N–H and O–H groups in total. The maximum atomic E-state index is 12.1. The number of hydrogen-bond acceptors (Lipinski definition) is 5. The maximum Gasteiger partial charge on any atom is 0.287 e. The molecule has 2 aromatic heterocycles. The Hall–Kier alpha value is -1.82. The second-order valence-electron chi connectivity index (χ2n) is 5.43. The fourth-order valence-corrected chi connectivity index (χ4v) is 2.11. The van der Waals surface area contributed by atoms with Crippen molar-refractivity contribution in [2.45, 2.75) is 40.3 Å². The van der Waals surface area contributed by atoms with Crippen molar-refractivity contribution in [3.05, 3.63) is 39.4 Å². The van der Waals surface area contributed by atoms with Gasteiger partial charge in [-0.1, -0.05) is 25.4 Å². The van der Waals surface area contributed by atoms with Gasteiger partial charge in [0.15, 0.2) is 0 Å². The Bertz CT molecular complexity index is 678. The van der Waals surface area contributed by atoms with Crippen molar-refractivity contribution in [1.82, 2.24) is 14.8 Å². The van der Waals surface area contributed by atoms with Gasteiger partial charge in [0, 0.05) is 6.54 Å². The number of rotatable bonds is 5. The molecule has 0 spiro atoms. The van der Waals surface area contributed by atoms with Gasteiger partial charge in [-0.05, 0) is 19.8 Å². The molecular weight excluding hydrogens is 292 g/mol. The summed E-state index contributed by atoms with van der Waals surface area (Å²) < 4.78 is 6.82. The van der Waals surface area contributed by atoms with E-state index in [4.69, 9.17) is 16.0 Å². The molecule has 0 aromatic carbocycles. The Morgan fingerprint density at radius 1 is 1.38 bits per heavy atom. The van der Waals surface area contributed by atoms with Crippen LogP contribution in [0.15, 0.2) is 21.6 Å². The van der Waals surface area contributed by atoms with Crippen LogP contribution in [0.25, 0.3) is 0 Å². The molecule has 0 radical (unpaired) electrons. The van der Waals surface area contributed by atoms with Crippen LogP contribution in [-0.4, -0.2) is 14.8 Å². The van der Waals surface area contributed by atoms with E-state index in [-0.39, 0.29) is 16.6 Å². The van der Waals surface area contributed by atoms with Gasteiger partial charge in [0.05, 0.1) is 18.1 Å². The number of anilines is 1. The molecular formula is C14H19ClN4O2. The van der Waals surface area contributed by atoms with E-state index < -0.39 is 0 Å². The van der Waals surface area contributed by atoms with E-state index in [0.29, 0.717) is 24.0 Å². The Morgan fingerprint density at radius 2 is 2.10 bits per heavy atom. The first-order valence-electron chi connectivity index (χ1n) is 6.83. The van der Waals surface area contributed by atoms with E-state index in [1.54, 1.807) is 12.4 Å². The zero-order chi connectivity index (χ0) is 15.6. The number of hydrogen-bond donors (Lipinski definition) is 1. The highest BCUT2D eigenvalue weighted by atomic mass is 35.5. The normalized spacial score (nSPS) is 12.7. The summed E-state index contributed by atoms with van der Waals surface area (Å²) in [6, 6.07) is -0.210. The van der Waals surface area contributed by atoms with E-state index in [2.05, 4.69) is 15.4 Å². The van der Waals surface area contributed by atoms with Gasteiger partial charge in [-0.25, -0.2) is 9.67 Å².